The summed E-state index contributed by atoms with van der Waals surface area (Å²) >= 11 is 0. The van der Waals surface area contributed by atoms with Crippen molar-refractivity contribution in [2.24, 2.45) is 5.92 Å². The van der Waals surface area contributed by atoms with Crippen molar-refractivity contribution < 1.29 is 17.6 Å². The second-order valence-electron chi connectivity index (χ2n) is 7.17. The third-order valence-corrected chi connectivity index (χ3v) is 6.22. The fraction of sp³-hybridized carbons (Fsp3) is 0.300. The van der Waals surface area contributed by atoms with Gasteiger partial charge in [-0.05, 0) is 54.7 Å². The number of carbonyl (C=O) groups excluding carboxylic acids is 1. The number of benzene rings is 1. The first-order valence-electron chi connectivity index (χ1n) is 9.45. The number of pyridine rings is 1. The SMILES string of the molecule is CCCS(=O)(=O)Nc1ccc(-c2cc(NC(=O)C3CC3)nc3[nH]ccc23)cc1F. The number of rotatable bonds is 7. The molecule has 0 unspecified atom stereocenters. The van der Waals surface area contributed by atoms with Crippen LogP contribution in [0.25, 0.3) is 22.2 Å². The lowest BCUT2D eigenvalue weighted by molar-refractivity contribution is -0.117. The molecule has 9 heteroatoms. The van der Waals surface area contributed by atoms with Gasteiger partial charge in [0.1, 0.15) is 17.3 Å². The summed E-state index contributed by atoms with van der Waals surface area (Å²) < 4.78 is 40.8. The van der Waals surface area contributed by atoms with E-state index in [9.17, 15) is 17.6 Å². The van der Waals surface area contributed by atoms with E-state index in [0.717, 1.165) is 18.2 Å². The number of amides is 1. The van der Waals surface area contributed by atoms with Gasteiger partial charge in [-0.1, -0.05) is 13.0 Å². The summed E-state index contributed by atoms with van der Waals surface area (Å²) in [6.45, 7) is 1.74. The molecule has 4 rings (SSSR count). The number of anilines is 2. The molecule has 7 nitrogen and oxygen atoms in total. The predicted molar refractivity (Wildman–Crippen MR) is 111 cm³/mol. The number of H-pyrrole nitrogens is 1. The number of carbonyl (C=O) groups is 1. The Morgan fingerprint density at radius 2 is 2.07 bits per heavy atom. The number of hydrogen-bond acceptors (Lipinski definition) is 4. The zero-order chi connectivity index (χ0) is 20.6. The van der Waals surface area contributed by atoms with E-state index < -0.39 is 15.8 Å². The van der Waals surface area contributed by atoms with Crippen molar-refractivity contribution in [3.63, 3.8) is 0 Å². The highest BCUT2D eigenvalue weighted by molar-refractivity contribution is 7.92. The van der Waals surface area contributed by atoms with Gasteiger partial charge >= 0.3 is 0 Å². The summed E-state index contributed by atoms with van der Waals surface area (Å²) in [6.07, 6.45) is 3.91. The van der Waals surface area contributed by atoms with Crippen molar-refractivity contribution in [1.82, 2.24) is 9.97 Å². The van der Waals surface area contributed by atoms with E-state index in [4.69, 9.17) is 0 Å². The number of nitrogens with zero attached hydrogens (tertiary/aromatic N) is 1. The third kappa shape index (κ3) is 4.24. The Labute approximate surface area is 167 Å². The highest BCUT2D eigenvalue weighted by Crippen LogP contribution is 2.34. The van der Waals surface area contributed by atoms with Crippen LogP contribution in [0.4, 0.5) is 15.9 Å². The minimum atomic E-state index is -3.59. The molecular weight excluding hydrogens is 395 g/mol. The van der Waals surface area contributed by atoms with Crippen molar-refractivity contribution >= 4 is 38.5 Å². The molecule has 2 heterocycles. The zero-order valence-corrected chi connectivity index (χ0v) is 16.6. The summed E-state index contributed by atoms with van der Waals surface area (Å²) in [5, 5.41) is 3.58. The summed E-state index contributed by atoms with van der Waals surface area (Å²) in [4.78, 5) is 19.5. The number of hydrogen-bond donors (Lipinski definition) is 3. The summed E-state index contributed by atoms with van der Waals surface area (Å²) in [7, 11) is -3.59. The van der Waals surface area contributed by atoms with Gasteiger partial charge in [0.05, 0.1) is 11.4 Å². The van der Waals surface area contributed by atoms with Crippen LogP contribution in [0.5, 0.6) is 0 Å². The summed E-state index contributed by atoms with van der Waals surface area (Å²) in [5.74, 6) is -0.396. The molecule has 1 aliphatic carbocycles. The molecule has 0 bridgehead atoms. The molecule has 0 aliphatic heterocycles. The van der Waals surface area contributed by atoms with Crippen LogP contribution in [0.1, 0.15) is 26.2 Å². The van der Waals surface area contributed by atoms with Gasteiger partial charge in [-0.2, -0.15) is 0 Å². The highest BCUT2D eigenvalue weighted by Gasteiger charge is 2.30. The first-order chi connectivity index (χ1) is 13.9. The second-order valence-corrected chi connectivity index (χ2v) is 9.02. The Bertz CT molecular complexity index is 1190. The van der Waals surface area contributed by atoms with E-state index in [1.165, 1.54) is 12.1 Å². The second kappa shape index (κ2) is 7.47. The third-order valence-electron chi connectivity index (χ3n) is 4.75. The van der Waals surface area contributed by atoms with E-state index in [1.807, 2.05) is 6.07 Å². The monoisotopic (exact) mass is 416 g/mol. The average molecular weight is 416 g/mol. The Morgan fingerprint density at radius 1 is 1.28 bits per heavy atom. The number of halogens is 1. The molecule has 1 fully saturated rings. The van der Waals surface area contributed by atoms with E-state index in [1.54, 1.807) is 25.3 Å². The molecule has 2 aromatic heterocycles. The van der Waals surface area contributed by atoms with Crippen molar-refractivity contribution in [2.45, 2.75) is 26.2 Å². The van der Waals surface area contributed by atoms with Gasteiger partial charge in [-0.25, -0.2) is 17.8 Å². The van der Waals surface area contributed by atoms with Crippen LogP contribution in [0.15, 0.2) is 36.5 Å². The van der Waals surface area contributed by atoms with E-state index in [2.05, 4.69) is 20.0 Å². The van der Waals surface area contributed by atoms with Crippen LogP contribution in [0, 0.1) is 11.7 Å². The molecule has 0 saturated heterocycles. The number of sulfonamides is 1. The topological polar surface area (TPSA) is 104 Å². The van der Waals surface area contributed by atoms with Crippen LogP contribution < -0.4 is 10.0 Å². The van der Waals surface area contributed by atoms with Gasteiger partial charge in [0.2, 0.25) is 15.9 Å². The lowest BCUT2D eigenvalue weighted by atomic mass is 10.0. The lowest BCUT2D eigenvalue weighted by Gasteiger charge is -2.11. The van der Waals surface area contributed by atoms with Gasteiger partial charge in [-0.3, -0.25) is 9.52 Å². The first-order valence-corrected chi connectivity index (χ1v) is 11.1. The molecule has 0 spiro atoms. The summed E-state index contributed by atoms with van der Waals surface area (Å²) in [6, 6.07) is 7.84. The molecule has 29 heavy (non-hydrogen) atoms. The Balaban J connectivity index is 1.69. The maximum atomic E-state index is 14.6. The highest BCUT2D eigenvalue weighted by atomic mass is 32.2. The van der Waals surface area contributed by atoms with E-state index in [-0.39, 0.29) is 23.3 Å². The minimum absolute atomic E-state index is 0.0347. The minimum Gasteiger partial charge on any atom is -0.346 e. The van der Waals surface area contributed by atoms with Crippen molar-refractivity contribution in [1.29, 1.82) is 0 Å². The van der Waals surface area contributed by atoms with Gasteiger partial charge in [-0.15, -0.1) is 0 Å². The number of aromatic amines is 1. The van der Waals surface area contributed by atoms with Gasteiger partial charge in [0, 0.05) is 17.5 Å². The Morgan fingerprint density at radius 3 is 2.76 bits per heavy atom. The molecule has 3 N–H and O–H groups in total. The van der Waals surface area contributed by atoms with Crippen LogP contribution in [0.2, 0.25) is 0 Å². The normalized spacial score (nSPS) is 14.1. The van der Waals surface area contributed by atoms with Crippen molar-refractivity contribution in [3.8, 4) is 11.1 Å². The zero-order valence-electron chi connectivity index (χ0n) is 15.8. The molecule has 1 aromatic carbocycles. The quantitative estimate of drug-likeness (QED) is 0.544. The lowest BCUT2D eigenvalue weighted by Crippen LogP contribution is -2.17. The Kier molecular flexibility index (Phi) is 4.99. The first kappa shape index (κ1) is 19.4. The molecule has 0 atom stereocenters. The Hall–Kier alpha value is -2.94. The summed E-state index contributed by atoms with van der Waals surface area (Å²) in [5.41, 5.74) is 1.71. The maximum Gasteiger partial charge on any atom is 0.232 e. The average Bonchev–Trinajstić information content (AvgIpc) is 3.41. The van der Waals surface area contributed by atoms with E-state index in [0.29, 0.717) is 29.0 Å². The molecule has 3 aromatic rings. The largest absolute Gasteiger partial charge is 0.346 e. The number of aromatic nitrogens is 2. The van der Waals surface area contributed by atoms with Crippen LogP contribution in [-0.4, -0.2) is 30.0 Å². The maximum absolute atomic E-state index is 14.6. The molecule has 0 radical (unpaired) electrons. The van der Waals surface area contributed by atoms with Crippen LogP contribution in [-0.2, 0) is 14.8 Å². The van der Waals surface area contributed by atoms with Crippen molar-refractivity contribution in [3.05, 3.63) is 42.3 Å². The fourth-order valence-corrected chi connectivity index (χ4v) is 4.31. The van der Waals surface area contributed by atoms with Crippen LogP contribution >= 0.6 is 0 Å². The molecule has 1 amide bonds. The predicted octanol–water partition coefficient (Wildman–Crippen LogP) is 3.87. The van der Waals surface area contributed by atoms with Gasteiger partial charge < -0.3 is 10.3 Å². The molecular formula is C20H21FN4O3S. The van der Waals surface area contributed by atoms with Crippen molar-refractivity contribution in [2.75, 3.05) is 15.8 Å². The number of fused-ring (bicyclic) bond motifs is 1. The standard InChI is InChI=1S/C20H21FN4O3S/c1-2-9-29(27,28)25-17-6-5-13(10-16(17)21)15-11-18(24-20(26)12-3-4-12)23-19-14(15)7-8-22-19/h5-8,10-12,25H,2-4,9H2,1H3,(H2,22,23,24,26). The smallest absolute Gasteiger partial charge is 0.232 e. The van der Waals surface area contributed by atoms with Gasteiger partial charge in [0.15, 0.2) is 0 Å². The van der Waals surface area contributed by atoms with E-state index >= 15 is 0 Å². The molecule has 1 aliphatic rings. The molecule has 1 saturated carbocycles. The van der Waals surface area contributed by atoms with Gasteiger partial charge in [0.25, 0.3) is 0 Å². The fourth-order valence-electron chi connectivity index (χ4n) is 3.17. The molecule has 152 valence electrons. The number of nitrogens with one attached hydrogen (secondary N) is 3. The van der Waals surface area contributed by atoms with Crippen LogP contribution in [0.3, 0.4) is 0 Å².